The molecule has 0 N–H and O–H groups in total. The summed E-state index contributed by atoms with van der Waals surface area (Å²) in [6.07, 6.45) is 8.28. The first kappa shape index (κ1) is 10.6. The van der Waals surface area contributed by atoms with Crippen molar-refractivity contribution in [3.05, 3.63) is 71.8 Å². The van der Waals surface area contributed by atoms with Gasteiger partial charge in [-0.3, -0.25) is 4.79 Å². The van der Waals surface area contributed by atoms with Crippen LogP contribution < -0.4 is 0 Å². The third-order valence-electron chi connectivity index (χ3n) is 5.23. The Bertz CT molecular complexity index is 806. The van der Waals surface area contributed by atoms with Gasteiger partial charge in [-0.2, -0.15) is 0 Å². The monoisotopic (exact) mass is 258 g/mol. The standard InChI is InChI=1S/C19H14O/c20-16-10-8-12-7-9-13(16)19-15-6-2-4-11-3-1-5-14(17(11)15)18(12)19/h1-10,12-13,18-19H/t12-,13+,18-,19+/m1/s1. The fourth-order valence-corrected chi connectivity index (χ4v) is 4.47. The zero-order chi connectivity index (χ0) is 13.3. The second kappa shape index (κ2) is 3.49. The van der Waals surface area contributed by atoms with Crippen molar-refractivity contribution in [2.24, 2.45) is 11.8 Å². The lowest BCUT2D eigenvalue weighted by Gasteiger charge is -2.32. The molecule has 96 valence electrons. The van der Waals surface area contributed by atoms with Crippen molar-refractivity contribution in [2.75, 3.05) is 0 Å². The van der Waals surface area contributed by atoms with Gasteiger partial charge in [0, 0.05) is 23.7 Å². The molecular formula is C19H14O. The Labute approximate surface area is 117 Å². The molecule has 0 aromatic heterocycles. The number of benzene rings is 2. The van der Waals surface area contributed by atoms with Gasteiger partial charge < -0.3 is 0 Å². The maximum absolute atomic E-state index is 12.3. The van der Waals surface area contributed by atoms with Gasteiger partial charge >= 0.3 is 0 Å². The van der Waals surface area contributed by atoms with E-state index in [0.29, 0.717) is 17.8 Å². The molecular weight excluding hydrogens is 244 g/mol. The van der Waals surface area contributed by atoms with Crippen LogP contribution in [0.3, 0.4) is 0 Å². The number of carbonyl (C=O) groups excluding carboxylic acids is 1. The molecule has 4 atom stereocenters. The first-order chi connectivity index (χ1) is 9.84. The average molecular weight is 258 g/mol. The molecule has 0 saturated carbocycles. The van der Waals surface area contributed by atoms with E-state index in [9.17, 15) is 4.79 Å². The van der Waals surface area contributed by atoms with E-state index in [2.05, 4.69) is 54.6 Å². The molecule has 20 heavy (non-hydrogen) atoms. The predicted octanol–water partition coefficient (Wildman–Crippen LogP) is 3.96. The number of fused-ring (bicyclic) bond motifs is 1. The second-order valence-electron chi connectivity index (χ2n) is 6.09. The van der Waals surface area contributed by atoms with Crippen molar-refractivity contribution in [1.29, 1.82) is 0 Å². The highest BCUT2D eigenvalue weighted by atomic mass is 16.1. The van der Waals surface area contributed by atoms with Crippen LogP contribution in [0, 0.1) is 11.8 Å². The van der Waals surface area contributed by atoms with Crippen molar-refractivity contribution in [1.82, 2.24) is 0 Å². The van der Waals surface area contributed by atoms with Gasteiger partial charge in [-0.25, -0.2) is 0 Å². The van der Waals surface area contributed by atoms with Gasteiger partial charge in [0.05, 0.1) is 0 Å². The maximum Gasteiger partial charge on any atom is 0.162 e. The molecule has 6 rings (SSSR count). The van der Waals surface area contributed by atoms with E-state index in [1.165, 1.54) is 21.9 Å². The molecule has 0 aliphatic heterocycles. The molecule has 0 amide bonds. The maximum atomic E-state index is 12.3. The molecule has 0 fully saturated rings. The number of carbonyl (C=O) groups is 1. The molecule has 0 spiro atoms. The molecule has 0 saturated heterocycles. The lowest BCUT2D eigenvalue weighted by atomic mass is 9.70. The number of allylic oxidation sites excluding steroid dienone is 4. The highest BCUT2D eigenvalue weighted by Gasteiger charge is 2.46. The third kappa shape index (κ3) is 1.12. The summed E-state index contributed by atoms with van der Waals surface area (Å²) >= 11 is 0. The van der Waals surface area contributed by atoms with Crippen molar-refractivity contribution < 1.29 is 4.79 Å². The van der Waals surface area contributed by atoms with Gasteiger partial charge in [-0.15, -0.1) is 0 Å². The van der Waals surface area contributed by atoms with Crippen LogP contribution in [0.1, 0.15) is 23.0 Å². The largest absolute Gasteiger partial charge is 0.294 e. The summed E-state index contributed by atoms with van der Waals surface area (Å²) in [6, 6.07) is 13.1. The Morgan fingerprint density at radius 2 is 1.55 bits per heavy atom. The minimum absolute atomic E-state index is 0.0213. The van der Waals surface area contributed by atoms with Crippen LogP contribution in [-0.2, 0) is 4.79 Å². The summed E-state index contributed by atoms with van der Waals surface area (Å²) < 4.78 is 0. The fourth-order valence-electron chi connectivity index (χ4n) is 4.47. The molecule has 4 aliphatic rings. The van der Waals surface area contributed by atoms with E-state index in [1.807, 2.05) is 0 Å². The zero-order valence-corrected chi connectivity index (χ0v) is 11.0. The molecule has 4 aliphatic carbocycles. The van der Waals surface area contributed by atoms with Gasteiger partial charge in [-0.1, -0.05) is 54.6 Å². The Kier molecular flexibility index (Phi) is 1.85. The molecule has 0 heterocycles. The summed E-state index contributed by atoms with van der Waals surface area (Å²) in [5.41, 5.74) is 2.81. The molecule has 2 aromatic carbocycles. The van der Waals surface area contributed by atoms with E-state index in [1.54, 1.807) is 6.08 Å². The van der Waals surface area contributed by atoms with Gasteiger partial charge in [0.2, 0.25) is 0 Å². The van der Waals surface area contributed by atoms with Crippen molar-refractivity contribution in [3.63, 3.8) is 0 Å². The smallest absolute Gasteiger partial charge is 0.162 e. The SMILES string of the molecule is O=C1C=C[C@H]2C=C[C@@H]1[C@H]1c3cccc4cccc(c34)[C@@H]21. The minimum atomic E-state index is 0.0213. The molecule has 2 aromatic rings. The van der Waals surface area contributed by atoms with Crippen LogP contribution in [0.4, 0.5) is 0 Å². The second-order valence-corrected chi connectivity index (χ2v) is 6.09. The highest BCUT2D eigenvalue weighted by Crippen LogP contribution is 2.57. The van der Waals surface area contributed by atoms with E-state index in [4.69, 9.17) is 0 Å². The van der Waals surface area contributed by atoms with Crippen molar-refractivity contribution >= 4 is 16.6 Å². The summed E-state index contributed by atoms with van der Waals surface area (Å²) in [5, 5.41) is 2.70. The van der Waals surface area contributed by atoms with Crippen LogP contribution in [0.25, 0.3) is 10.8 Å². The Morgan fingerprint density at radius 3 is 2.35 bits per heavy atom. The topological polar surface area (TPSA) is 17.1 Å². The molecule has 1 heteroatoms. The van der Waals surface area contributed by atoms with Gasteiger partial charge in [0.1, 0.15) is 0 Å². The molecule has 0 radical (unpaired) electrons. The normalized spacial score (nSPS) is 32.7. The first-order valence-corrected chi connectivity index (χ1v) is 7.26. The summed E-state index contributed by atoms with van der Waals surface area (Å²) in [7, 11) is 0. The highest BCUT2D eigenvalue weighted by molar-refractivity contribution is 5.99. The Balaban J connectivity index is 1.88. The van der Waals surface area contributed by atoms with Gasteiger partial charge in [-0.05, 0) is 28.0 Å². The van der Waals surface area contributed by atoms with E-state index in [0.717, 1.165) is 0 Å². The molecule has 1 nitrogen and oxygen atoms in total. The molecule has 0 unspecified atom stereocenters. The van der Waals surface area contributed by atoms with Crippen LogP contribution >= 0.6 is 0 Å². The summed E-state index contributed by atoms with van der Waals surface area (Å²) in [6.45, 7) is 0. The van der Waals surface area contributed by atoms with E-state index >= 15 is 0 Å². The minimum Gasteiger partial charge on any atom is -0.294 e. The van der Waals surface area contributed by atoms with E-state index in [-0.39, 0.29) is 11.7 Å². The number of ketones is 1. The van der Waals surface area contributed by atoms with E-state index < -0.39 is 0 Å². The van der Waals surface area contributed by atoms with Crippen LogP contribution in [-0.4, -0.2) is 5.78 Å². The van der Waals surface area contributed by atoms with Gasteiger partial charge in [0.25, 0.3) is 0 Å². The van der Waals surface area contributed by atoms with Crippen LogP contribution in [0.5, 0.6) is 0 Å². The van der Waals surface area contributed by atoms with Crippen molar-refractivity contribution in [3.8, 4) is 0 Å². The van der Waals surface area contributed by atoms with Gasteiger partial charge in [0.15, 0.2) is 5.78 Å². The Morgan fingerprint density at radius 1 is 0.800 bits per heavy atom. The lowest BCUT2D eigenvalue weighted by molar-refractivity contribution is -0.117. The number of hydrogen-bond acceptors (Lipinski definition) is 1. The van der Waals surface area contributed by atoms with Crippen LogP contribution in [0.2, 0.25) is 0 Å². The summed E-state index contributed by atoms with van der Waals surface area (Å²) in [5.74, 6) is 1.41. The quantitative estimate of drug-likeness (QED) is 0.654. The van der Waals surface area contributed by atoms with Crippen LogP contribution in [0.15, 0.2) is 60.7 Å². The lowest BCUT2D eigenvalue weighted by Crippen LogP contribution is -2.25. The number of rotatable bonds is 0. The third-order valence-corrected chi connectivity index (χ3v) is 5.23. The first-order valence-electron chi connectivity index (χ1n) is 7.26. The average Bonchev–Trinajstić information content (AvgIpc) is 2.63. The zero-order valence-electron chi connectivity index (χ0n) is 11.0. The predicted molar refractivity (Wildman–Crippen MR) is 79.7 cm³/mol. The Hall–Kier alpha value is -2.15. The van der Waals surface area contributed by atoms with Crippen molar-refractivity contribution in [2.45, 2.75) is 11.8 Å². The fraction of sp³-hybridized carbons (Fsp3) is 0.211. The summed E-state index contributed by atoms with van der Waals surface area (Å²) in [4.78, 5) is 12.3. The molecule has 2 bridgehead atoms. The number of hydrogen-bond donors (Lipinski definition) is 0.